The van der Waals surface area contributed by atoms with Gasteiger partial charge in [-0.25, -0.2) is 8.78 Å². The maximum Gasteiger partial charge on any atom is 0.142 e. The first-order valence-corrected chi connectivity index (χ1v) is 7.05. The van der Waals surface area contributed by atoms with Gasteiger partial charge in [0.25, 0.3) is 0 Å². The van der Waals surface area contributed by atoms with Crippen molar-refractivity contribution in [2.75, 3.05) is 13.7 Å². The van der Waals surface area contributed by atoms with Crippen LogP contribution >= 0.6 is 11.6 Å². The van der Waals surface area contributed by atoms with Gasteiger partial charge in [0.2, 0.25) is 0 Å². The van der Waals surface area contributed by atoms with Crippen molar-refractivity contribution in [2.24, 2.45) is 0 Å². The third-order valence-corrected chi connectivity index (χ3v) is 3.98. The minimum Gasteiger partial charge on any atom is -0.493 e. The Morgan fingerprint density at radius 3 is 2.76 bits per heavy atom. The van der Waals surface area contributed by atoms with Gasteiger partial charge in [0.15, 0.2) is 0 Å². The van der Waals surface area contributed by atoms with Crippen LogP contribution in [0.1, 0.15) is 22.7 Å². The molecule has 2 aromatic rings. The molecule has 1 heterocycles. The smallest absolute Gasteiger partial charge is 0.142 e. The van der Waals surface area contributed by atoms with Gasteiger partial charge < -0.3 is 10.1 Å². The van der Waals surface area contributed by atoms with Gasteiger partial charge in [0.05, 0.1) is 17.7 Å². The number of rotatable bonds is 3. The van der Waals surface area contributed by atoms with Crippen LogP contribution in [-0.2, 0) is 6.42 Å². The molecule has 1 N–H and O–H groups in total. The van der Waals surface area contributed by atoms with Crippen molar-refractivity contribution >= 4 is 11.6 Å². The molecule has 3 rings (SSSR count). The van der Waals surface area contributed by atoms with Crippen LogP contribution < -0.4 is 10.1 Å². The molecule has 1 aliphatic rings. The van der Waals surface area contributed by atoms with Crippen molar-refractivity contribution < 1.29 is 13.5 Å². The molecular formula is C16H14ClF2NO. The SMILES string of the molecule is CNC(c1ccc2c(c1)CCO2)c1cc(F)c(Cl)cc1F. The molecule has 0 aromatic heterocycles. The molecule has 1 unspecified atom stereocenters. The average Bonchev–Trinajstić information content (AvgIpc) is 2.92. The van der Waals surface area contributed by atoms with Crippen LogP contribution in [0.3, 0.4) is 0 Å². The van der Waals surface area contributed by atoms with Gasteiger partial charge in [0, 0.05) is 12.0 Å². The lowest BCUT2D eigenvalue weighted by Gasteiger charge is -2.19. The van der Waals surface area contributed by atoms with Gasteiger partial charge in [-0.3, -0.25) is 0 Å². The second-order valence-electron chi connectivity index (χ2n) is 4.98. The molecule has 5 heteroatoms. The van der Waals surface area contributed by atoms with Crippen molar-refractivity contribution in [1.29, 1.82) is 0 Å². The van der Waals surface area contributed by atoms with Crippen molar-refractivity contribution in [2.45, 2.75) is 12.5 Å². The highest BCUT2D eigenvalue weighted by Gasteiger charge is 2.21. The number of benzene rings is 2. The van der Waals surface area contributed by atoms with E-state index in [0.29, 0.717) is 6.61 Å². The molecule has 0 aliphatic carbocycles. The van der Waals surface area contributed by atoms with Gasteiger partial charge in [-0.05, 0) is 36.4 Å². The van der Waals surface area contributed by atoms with Gasteiger partial charge >= 0.3 is 0 Å². The minimum absolute atomic E-state index is 0.214. The summed E-state index contributed by atoms with van der Waals surface area (Å²) in [6.45, 7) is 0.660. The van der Waals surface area contributed by atoms with E-state index in [9.17, 15) is 8.78 Å². The van der Waals surface area contributed by atoms with Crippen LogP contribution in [0, 0.1) is 11.6 Å². The molecule has 0 spiro atoms. The molecule has 0 saturated carbocycles. The van der Waals surface area contributed by atoms with E-state index >= 15 is 0 Å². The van der Waals surface area contributed by atoms with Crippen LogP contribution in [0.15, 0.2) is 30.3 Å². The summed E-state index contributed by atoms with van der Waals surface area (Å²) in [4.78, 5) is 0. The van der Waals surface area contributed by atoms with E-state index in [0.717, 1.165) is 35.4 Å². The van der Waals surface area contributed by atoms with Gasteiger partial charge in [0.1, 0.15) is 17.4 Å². The Morgan fingerprint density at radius 1 is 1.19 bits per heavy atom. The number of hydrogen-bond acceptors (Lipinski definition) is 2. The zero-order chi connectivity index (χ0) is 15.0. The van der Waals surface area contributed by atoms with E-state index in [1.54, 1.807) is 7.05 Å². The Morgan fingerprint density at radius 2 is 2.00 bits per heavy atom. The van der Waals surface area contributed by atoms with Crippen LogP contribution in [-0.4, -0.2) is 13.7 Å². The van der Waals surface area contributed by atoms with E-state index in [1.807, 2.05) is 18.2 Å². The topological polar surface area (TPSA) is 21.3 Å². The summed E-state index contributed by atoms with van der Waals surface area (Å²) in [5, 5.41) is 2.81. The van der Waals surface area contributed by atoms with E-state index < -0.39 is 17.7 Å². The molecular weight excluding hydrogens is 296 g/mol. The Kier molecular flexibility index (Phi) is 3.83. The molecule has 0 fully saturated rings. The molecule has 2 aromatic carbocycles. The molecule has 2 nitrogen and oxygen atoms in total. The molecule has 0 amide bonds. The summed E-state index contributed by atoms with van der Waals surface area (Å²) in [6, 6.07) is 7.40. The average molecular weight is 310 g/mol. The quantitative estimate of drug-likeness (QED) is 0.869. The molecule has 0 radical (unpaired) electrons. The molecule has 1 atom stereocenters. The van der Waals surface area contributed by atoms with Gasteiger partial charge in [-0.2, -0.15) is 0 Å². The standard InChI is InChI=1S/C16H14ClF2NO/c1-20-16(11-7-14(19)12(17)8-13(11)18)10-2-3-15-9(6-10)4-5-21-15/h2-3,6-8,16,20H,4-5H2,1H3. The number of fused-ring (bicyclic) bond motifs is 1. The maximum atomic E-state index is 14.1. The summed E-state index contributed by atoms with van der Waals surface area (Å²) in [5.74, 6) is -0.299. The lowest BCUT2D eigenvalue weighted by atomic mass is 9.96. The van der Waals surface area contributed by atoms with Crippen LogP contribution in [0.5, 0.6) is 5.75 Å². The number of halogens is 3. The van der Waals surface area contributed by atoms with Crippen molar-refractivity contribution in [3.63, 3.8) is 0 Å². The van der Waals surface area contributed by atoms with Gasteiger partial charge in [-0.1, -0.05) is 23.7 Å². The largest absolute Gasteiger partial charge is 0.493 e. The molecule has 21 heavy (non-hydrogen) atoms. The summed E-state index contributed by atoms with van der Waals surface area (Å²) in [5.41, 5.74) is 2.18. The fourth-order valence-electron chi connectivity index (χ4n) is 2.65. The number of hydrogen-bond donors (Lipinski definition) is 1. The first kappa shape index (κ1) is 14.3. The lowest BCUT2D eigenvalue weighted by molar-refractivity contribution is 0.357. The van der Waals surface area contributed by atoms with E-state index in [1.165, 1.54) is 0 Å². The Labute approximate surface area is 126 Å². The minimum atomic E-state index is -0.627. The van der Waals surface area contributed by atoms with Crippen molar-refractivity contribution in [1.82, 2.24) is 5.32 Å². The Hall–Kier alpha value is -1.65. The predicted octanol–water partition coefficient (Wildman–Crippen LogP) is 3.86. The summed E-state index contributed by atoms with van der Waals surface area (Å²) < 4.78 is 33.2. The van der Waals surface area contributed by atoms with Crippen molar-refractivity contribution in [3.8, 4) is 5.75 Å². The van der Waals surface area contributed by atoms with Crippen molar-refractivity contribution in [3.05, 3.63) is 63.7 Å². The first-order valence-electron chi connectivity index (χ1n) is 6.67. The fourth-order valence-corrected chi connectivity index (χ4v) is 2.80. The highest BCUT2D eigenvalue weighted by Crippen LogP contribution is 2.32. The fraction of sp³-hybridized carbons (Fsp3) is 0.250. The third kappa shape index (κ3) is 2.61. The molecule has 0 saturated heterocycles. The zero-order valence-corrected chi connectivity index (χ0v) is 12.2. The second kappa shape index (κ2) is 5.62. The summed E-state index contributed by atoms with van der Waals surface area (Å²) >= 11 is 5.60. The molecule has 0 bridgehead atoms. The molecule has 1 aliphatic heterocycles. The van der Waals surface area contributed by atoms with Gasteiger partial charge in [-0.15, -0.1) is 0 Å². The van der Waals surface area contributed by atoms with E-state index in [4.69, 9.17) is 16.3 Å². The Balaban J connectivity index is 2.04. The monoisotopic (exact) mass is 309 g/mol. The lowest BCUT2D eigenvalue weighted by Crippen LogP contribution is -2.19. The maximum absolute atomic E-state index is 14.1. The highest BCUT2D eigenvalue weighted by atomic mass is 35.5. The van der Waals surface area contributed by atoms with E-state index in [2.05, 4.69) is 5.32 Å². The summed E-state index contributed by atoms with van der Waals surface area (Å²) in [7, 11) is 1.71. The van der Waals surface area contributed by atoms with Crippen LogP contribution in [0.25, 0.3) is 0 Å². The zero-order valence-electron chi connectivity index (χ0n) is 11.4. The number of ether oxygens (including phenoxy) is 1. The Bertz CT molecular complexity index is 690. The van der Waals surface area contributed by atoms with E-state index in [-0.39, 0.29) is 10.6 Å². The number of nitrogens with one attached hydrogen (secondary N) is 1. The summed E-state index contributed by atoms with van der Waals surface area (Å²) in [6.07, 6.45) is 0.830. The molecule has 110 valence electrons. The third-order valence-electron chi connectivity index (χ3n) is 3.69. The highest BCUT2D eigenvalue weighted by molar-refractivity contribution is 6.30. The normalized spacial score (nSPS) is 14.7. The van der Waals surface area contributed by atoms with Crippen LogP contribution in [0.2, 0.25) is 5.02 Å². The first-order chi connectivity index (χ1) is 10.1. The predicted molar refractivity (Wildman–Crippen MR) is 77.9 cm³/mol. The second-order valence-corrected chi connectivity index (χ2v) is 5.38. The van der Waals surface area contributed by atoms with Crippen LogP contribution in [0.4, 0.5) is 8.78 Å².